The van der Waals surface area contributed by atoms with Crippen molar-refractivity contribution in [1.29, 1.82) is 0 Å². The standard InChI is InChI=1S/C12H16BrNO2/c1-3-11(13)12(15)14-10-6-4-5-9(7-10)8-16-2/h4-7,11H,3,8H2,1-2H3,(H,14,15). The minimum atomic E-state index is -0.140. The number of ether oxygens (including phenoxy) is 1. The monoisotopic (exact) mass is 285 g/mol. The van der Waals surface area contributed by atoms with E-state index in [0.29, 0.717) is 6.61 Å². The second kappa shape index (κ2) is 6.66. The molecule has 1 amide bonds. The molecule has 1 N–H and O–H groups in total. The molecule has 1 unspecified atom stereocenters. The maximum Gasteiger partial charge on any atom is 0.238 e. The summed E-state index contributed by atoms with van der Waals surface area (Å²) in [5.74, 6) is -0.0166. The minimum Gasteiger partial charge on any atom is -0.380 e. The topological polar surface area (TPSA) is 38.3 Å². The lowest BCUT2D eigenvalue weighted by atomic mass is 10.2. The van der Waals surface area contributed by atoms with Gasteiger partial charge >= 0.3 is 0 Å². The highest BCUT2D eigenvalue weighted by atomic mass is 79.9. The van der Waals surface area contributed by atoms with Crippen molar-refractivity contribution in [3.63, 3.8) is 0 Å². The largest absolute Gasteiger partial charge is 0.380 e. The summed E-state index contributed by atoms with van der Waals surface area (Å²) in [5, 5.41) is 2.85. The van der Waals surface area contributed by atoms with Gasteiger partial charge in [0, 0.05) is 12.8 Å². The quantitative estimate of drug-likeness (QED) is 0.845. The number of benzene rings is 1. The molecule has 3 nitrogen and oxygen atoms in total. The summed E-state index contributed by atoms with van der Waals surface area (Å²) >= 11 is 3.31. The van der Waals surface area contributed by atoms with E-state index in [4.69, 9.17) is 4.74 Å². The number of methoxy groups -OCH3 is 1. The molecule has 0 aliphatic heterocycles. The first-order valence-electron chi connectivity index (χ1n) is 5.20. The first-order chi connectivity index (χ1) is 7.67. The Morgan fingerprint density at radius 1 is 1.56 bits per heavy atom. The fraction of sp³-hybridized carbons (Fsp3) is 0.417. The predicted octanol–water partition coefficient (Wildman–Crippen LogP) is 2.95. The van der Waals surface area contributed by atoms with Crippen molar-refractivity contribution in [3.05, 3.63) is 29.8 Å². The third-order valence-corrected chi connectivity index (χ3v) is 3.21. The van der Waals surface area contributed by atoms with E-state index in [2.05, 4.69) is 21.2 Å². The molecule has 0 aromatic heterocycles. The van der Waals surface area contributed by atoms with Crippen molar-refractivity contribution < 1.29 is 9.53 Å². The van der Waals surface area contributed by atoms with E-state index < -0.39 is 0 Å². The molecule has 1 aromatic carbocycles. The molecule has 1 aromatic rings. The highest BCUT2D eigenvalue weighted by molar-refractivity contribution is 9.10. The van der Waals surface area contributed by atoms with E-state index in [1.54, 1.807) is 7.11 Å². The van der Waals surface area contributed by atoms with Crippen LogP contribution in [0.3, 0.4) is 0 Å². The number of carbonyl (C=O) groups excluding carboxylic acids is 1. The molecule has 0 saturated carbocycles. The van der Waals surface area contributed by atoms with Gasteiger partial charge in [0.15, 0.2) is 0 Å². The zero-order chi connectivity index (χ0) is 12.0. The van der Waals surface area contributed by atoms with Gasteiger partial charge in [-0.05, 0) is 24.1 Å². The maximum atomic E-state index is 11.6. The van der Waals surface area contributed by atoms with E-state index in [1.807, 2.05) is 31.2 Å². The molecular weight excluding hydrogens is 270 g/mol. The molecule has 0 aliphatic rings. The maximum absolute atomic E-state index is 11.6. The molecule has 1 rings (SSSR count). The number of nitrogens with one attached hydrogen (secondary N) is 1. The van der Waals surface area contributed by atoms with Crippen LogP contribution in [0.5, 0.6) is 0 Å². The number of rotatable bonds is 5. The van der Waals surface area contributed by atoms with Crippen molar-refractivity contribution >= 4 is 27.5 Å². The molecule has 4 heteroatoms. The van der Waals surface area contributed by atoms with Gasteiger partial charge < -0.3 is 10.1 Å². The van der Waals surface area contributed by atoms with Crippen molar-refractivity contribution in [1.82, 2.24) is 0 Å². The van der Waals surface area contributed by atoms with Crippen LogP contribution >= 0.6 is 15.9 Å². The van der Waals surface area contributed by atoms with Crippen LogP contribution in [0.4, 0.5) is 5.69 Å². The van der Waals surface area contributed by atoms with Crippen LogP contribution in [-0.2, 0) is 16.1 Å². The van der Waals surface area contributed by atoms with Crippen molar-refractivity contribution in [2.24, 2.45) is 0 Å². The normalized spacial score (nSPS) is 12.2. The second-order valence-corrected chi connectivity index (χ2v) is 4.60. The molecular formula is C12H16BrNO2. The number of hydrogen-bond donors (Lipinski definition) is 1. The number of hydrogen-bond acceptors (Lipinski definition) is 2. The fourth-order valence-electron chi connectivity index (χ4n) is 1.31. The van der Waals surface area contributed by atoms with Crippen LogP contribution in [0.15, 0.2) is 24.3 Å². The lowest BCUT2D eigenvalue weighted by molar-refractivity contribution is -0.115. The number of anilines is 1. The molecule has 88 valence electrons. The summed E-state index contributed by atoms with van der Waals surface area (Å²) in [6, 6.07) is 7.65. The van der Waals surface area contributed by atoms with E-state index in [0.717, 1.165) is 17.7 Å². The average molecular weight is 286 g/mol. The Labute approximate surface area is 104 Å². The van der Waals surface area contributed by atoms with Gasteiger partial charge in [-0.2, -0.15) is 0 Å². The smallest absolute Gasteiger partial charge is 0.238 e. The molecule has 0 saturated heterocycles. The SMILES string of the molecule is CCC(Br)C(=O)Nc1cccc(COC)c1. The van der Waals surface area contributed by atoms with Gasteiger partial charge in [0.25, 0.3) is 0 Å². The minimum absolute atomic E-state index is 0.0166. The van der Waals surface area contributed by atoms with E-state index in [-0.39, 0.29) is 10.7 Å². The van der Waals surface area contributed by atoms with Crippen LogP contribution in [0, 0.1) is 0 Å². The number of halogens is 1. The highest BCUT2D eigenvalue weighted by Gasteiger charge is 2.12. The number of carbonyl (C=O) groups is 1. The van der Waals surface area contributed by atoms with Crippen LogP contribution in [0.1, 0.15) is 18.9 Å². The molecule has 0 radical (unpaired) electrons. The predicted molar refractivity (Wildman–Crippen MR) is 68.8 cm³/mol. The number of amides is 1. The zero-order valence-corrected chi connectivity index (χ0v) is 11.1. The first-order valence-corrected chi connectivity index (χ1v) is 6.11. The average Bonchev–Trinajstić information content (AvgIpc) is 2.29. The van der Waals surface area contributed by atoms with Gasteiger partial charge in [-0.15, -0.1) is 0 Å². The highest BCUT2D eigenvalue weighted by Crippen LogP contribution is 2.14. The van der Waals surface area contributed by atoms with Gasteiger partial charge in [0.1, 0.15) is 0 Å². The third kappa shape index (κ3) is 3.94. The van der Waals surface area contributed by atoms with Gasteiger partial charge in [0.2, 0.25) is 5.91 Å². The van der Waals surface area contributed by atoms with Crippen LogP contribution in [-0.4, -0.2) is 17.8 Å². The summed E-state index contributed by atoms with van der Waals surface area (Å²) in [6.07, 6.45) is 0.767. The molecule has 1 atom stereocenters. The summed E-state index contributed by atoms with van der Waals surface area (Å²) < 4.78 is 5.03. The zero-order valence-electron chi connectivity index (χ0n) is 9.50. The Morgan fingerprint density at radius 2 is 2.31 bits per heavy atom. The lowest BCUT2D eigenvalue weighted by Crippen LogP contribution is -2.21. The Kier molecular flexibility index (Phi) is 5.49. The van der Waals surface area contributed by atoms with Crippen LogP contribution in [0.2, 0.25) is 0 Å². The molecule has 0 fully saturated rings. The van der Waals surface area contributed by atoms with Crippen molar-refractivity contribution in [3.8, 4) is 0 Å². The van der Waals surface area contributed by atoms with Gasteiger partial charge in [-0.25, -0.2) is 0 Å². The first kappa shape index (κ1) is 13.2. The lowest BCUT2D eigenvalue weighted by Gasteiger charge is -2.09. The summed E-state index contributed by atoms with van der Waals surface area (Å²) in [6.45, 7) is 2.51. The molecule has 0 aliphatic carbocycles. The molecule has 0 heterocycles. The van der Waals surface area contributed by atoms with Crippen LogP contribution in [0.25, 0.3) is 0 Å². The van der Waals surface area contributed by atoms with Gasteiger partial charge in [0.05, 0.1) is 11.4 Å². The van der Waals surface area contributed by atoms with Crippen molar-refractivity contribution in [2.75, 3.05) is 12.4 Å². The fourth-order valence-corrected chi connectivity index (χ4v) is 1.43. The summed E-state index contributed by atoms with van der Waals surface area (Å²) in [7, 11) is 1.65. The number of alkyl halides is 1. The molecule has 0 bridgehead atoms. The summed E-state index contributed by atoms with van der Waals surface area (Å²) in [5.41, 5.74) is 1.85. The molecule has 16 heavy (non-hydrogen) atoms. The van der Waals surface area contributed by atoms with E-state index in [1.165, 1.54) is 0 Å². The Balaban J connectivity index is 2.66. The second-order valence-electron chi connectivity index (χ2n) is 3.50. The Morgan fingerprint density at radius 3 is 2.94 bits per heavy atom. The molecule has 0 spiro atoms. The summed E-state index contributed by atoms with van der Waals surface area (Å²) in [4.78, 5) is 11.5. The van der Waals surface area contributed by atoms with Gasteiger partial charge in [-0.1, -0.05) is 35.0 Å². The Bertz CT molecular complexity index is 355. The van der Waals surface area contributed by atoms with E-state index >= 15 is 0 Å². The van der Waals surface area contributed by atoms with Crippen molar-refractivity contribution in [2.45, 2.75) is 24.8 Å². The third-order valence-electron chi connectivity index (χ3n) is 2.15. The Hall–Kier alpha value is -0.870. The van der Waals surface area contributed by atoms with Gasteiger partial charge in [-0.3, -0.25) is 4.79 Å². The van der Waals surface area contributed by atoms with Crippen LogP contribution < -0.4 is 5.32 Å². The van der Waals surface area contributed by atoms with E-state index in [9.17, 15) is 4.79 Å².